The Morgan fingerprint density at radius 3 is 2.20 bits per heavy atom. The SMILES string of the molecule is N[13CH2][13C](=O)O. The summed E-state index contributed by atoms with van der Waals surface area (Å²) >= 11 is 0. The number of nitrogens with two attached hydrogens (primary N) is 1. The van der Waals surface area contributed by atoms with Crippen LogP contribution >= 0.6 is 0 Å². The van der Waals surface area contributed by atoms with Crippen LogP contribution in [0.1, 0.15) is 0 Å². The van der Waals surface area contributed by atoms with Crippen LogP contribution in [0.4, 0.5) is 0 Å². The number of hydrogen-bond donors (Lipinski definition) is 2. The highest BCUT2D eigenvalue weighted by atomic mass is 16.5. The molecule has 30 valence electrons. The third-order valence-electron chi connectivity index (χ3n) is 0.175. The fourth-order valence-electron chi connectivity index (χ4n) is 0. The minimum absolute atomic E-state index is 0.278. The van der Waals surface area contributed by atoms with E-state index < -0.39 is 5.97 Å². The summed E-state index contributed by atoms with van der Waals surface area (Å²) in [6.07, 6.45) is 0. The van der Waals surface area contributed by atoms with Gasteiger partial charge in [0.2, 0.25) is 0 Å². The average molecular weight is 77.1 g/mol. The van der Waals surface area contributed by atoms with Crippen molar-refractivity contribution in [1.29, 1.82) is 0 Å². The zero-order valence-corrected chi connectivity index (χ0v) is 2.64. The first-order valence-electron chi connectivity index (χ1n) is 1.19. The van der Waals surface area contributed by atoms with Crippen LogP contribution in [0, 0.1) is 0 Å². The summed E-state index contributed by atoms with van der Waals surface area (Å²) in [5.74, 6) is -0.968. The second-order valence-electron chi connectivity index (χ2n) is 0.598. The highest BCUT2D eigenvalue weighted by molar-refractivity contribution is 5.68. The molecule has 0 aromatic heterocycles. The zero-order valence-electron chi connectivity index (χ0n) is 2.64. The maximum Gasteiger partial charge on any atom is 0.317 e. The summed E-state index contributed by atoms with van der Waals surface area (Å²) in [5.41, 5.74) is 4.57. The number of carboxylic acids is 1. The Balaban J connectivity index is 2.85. The Bertz CT molecular complexity index is 42.9. The van der Waals surface area contributed by atoms with Crippen molar-refractivity contribution < 1.29 is 9.90 Å². The molecule has 0 fully saturated rings. The zero-order chi connectivity index (χ0) is 4.28. The molecule has 3 N–H and O–H groups in total. The van der Waals surface area contributed by atoms with Gasteiger partial charge in [-0.1, -0.05) is 0 Å². The first-order valence-corrected chi connectivity index (χ1v) is 1.19. The maximum atomic E-state index is 9.24. The highest BCUT2D eigenvalue weighted by Crippen LogP contribution is 1.43. The Morgan fingerprint density at radius 2 is 2.20 bits per heavy atom. The monoisotopic (exact) mass is 77.0 g/mol. The Labute approximate surface area is 29.4 Å². The van der Waals surface area contributed by atoms with Gasteiger partial charge in [-0.15, -0.1) is 0 Å². The van der Waals surface area contributed by atoms with Crippen LogP contribution in [-0.4, -0.2) is 17.6 Å². The molecule has 0 saturated carbocycles. The van der Waals surface area contributed by atoms with Crippen LogP contribution in [0.25, 0.3) is 0 Å². The van der Waals surface area contributed by atoms with Gasteiger partial charge in [0.15, 0.2) is 0 Å². The van der Waals surface area contributed by atoms with E-state index >= 15 is 0 Å². The summed E-state index contributed by atoms with van der Waals surface area (Å²) < 4.78 is 0. The number of hydrogen-bond acceptors (Lipinski definition) is 2. The molecular formula is C2H5NO2. The van der Waals surface area contributed by atoms with Crippen molar-refractivity contribution in [2.45, 2.75) is 0 Å². The predicted molar refractivity (Wildman–Crippen MR) is 16.7 cm³/mol. The topological polar surface area (TPSA) is 63.3 Å². The molecule has 3 nitrogen and oxygen atoms in total. The molecule has 0 aromatic rings. The van der Waals surface area contributed by atoms with Gasteiger partial charge in [-0.2, -0.15) is 0 Å². The van der Waals surface area contributed by atoms with Crippen LogP contribution in [0.15, 0.2) is 0 Å². The van der Waals surface area contributed by atoms with Gasteiger partial charge in [-0.3, -0.25) is 4.79 Å². The average Bonchev–Trinajstić information content (AvgIpc) is 1.38. The second kappa shape index (κ2) is 1.72. The van der Waals surface area contributed by atoms with Crippen molar-refractivity contribution in [2.24, 2.45) is 5.73 Å². The Hall–Kier alpha value is -0.570. The van der Waals surface area contributed by atoms with Gasteiger partial charge in [0.25, 0.3) is 0 Å². The molecule has 0 aliphatic heterocycles. The molecule has 3 heteroatoms. The van der Waals surface area contributed by atoms with Crippen molar-refractivity contribution >= 4 is 5.97 Å². The molecule has 0 heterocycles. The largest absolute Gasteiger partial charge is 0.480 e. The lowest BCUT2D eigenvalue weighted by molar-refractivity contribution is -0.135. The third kappa shape index (κ3) is 3.43. The minimum atomic E-state index is -0.968. The van der Waals surface area contributed by atoms with Gasteiger partial charge in [0.05, 0.1) is 6.54 Å². The summed E-state index contributed by atoms with van der Waals surface area (Å²) in [5, 5.41) is 7.60. The van der Waals surface area contributed by atoms with Gasteiger partial charge in [-0.05, 0) is 0 Å². The van der Waals surface area contributed by atoms with E-state index in [2.05, 4.69) is 5.73 Å². The van der Waals surface area contributed by atoms with Crippen LogP contribution in [0.5, 0.6) is 0 Å². The molecule has 0 unspecified atom stereocenters. The van der Waals surface area contributed by atoms with Gasteiger partial charge >= 0.3 is 5.97 Å². The molecule has 0 aromatic carbocycles. The van der Waals surface area contributed by atoms with E-state index in [0.29, 0.717) is 0 Å². The lowest BCUT2D eigenvalue weighted by Gasteiger charge is -1.73. The molecule has 0 saturated heterocycles. The van der Waals surface area contributed by atoms with E-state index in [4.69, 9.17) is 5.11 Å². The number of carboxylic acid groups (broad SMARTS) is 1. The van der Waals surface area contributed by atoms with Gasteiger partial charge in [0.1, 0.15) is 0 Å². The standard InChI is InChI=1S/C2H5NO2/c3-1-2(4)5/h1,3H2,(H,4,5)/i1+1,2+1. The summed E-state index contributed by atoms with van der Waals surface area (Å²) in [7, 11) is 0. The first kappa shape index (κ1) is 4.43. The number of rotatable bonds is 1. The smallest absolute Gasteiger partial charge is 0.317 e. The molecule has 0 atom stereocenters. The molecule has 0 spiro atoms. The number of aliphatic carboxylic acids is 1. The minimum Gasteiger partial charge on any atom is -0.480 e. The fraction of sp³-hybridized carbons (Fsp3) is 0.500. The van der Waals surface area contributed by atoms with E-state index in [9.17, 15) is 4.79 Å². The van der Waals surface area contributed by atoms with E-state index in [-0.39, 0.29) is 6.54 Å². The molecular weight excluding hydrogens is 72.0 g/mol. The van der Waals surface area contributed by atoms with Gasteiger partial charge < -0.3 is 10.8 Å². The van der Waals surface area contributed by atoms with Crippen LogP contribution in [0.2, 0.25) is 0 Å². The number of carbonyl (C=O) groups is 1. The van der Waals surface area contributed by atoms with Crippen LogP contribution < -0.4 is 5.73 Å². The van der Waals surface area contributed by atoms with Gasteiger partial charge in [-0.25, -0.2) is 0 Å². The highest BCUT2D eigenvalue weighted by Gasteiger charge is 1.81. The molecule has 0 amide bonds. The molecule has 0 rings (SSSR count). The fourth-order valence-corrected chi connectivity index (χ4v) is 0. The maximum absolute atomic E-state index is 9.24. The van der Waals surface area contributed by atoms with E-state index in [0.717, 1.165) is 0 Å². The molecule has 0 aliphatic rings. The van der Waals surface area contributed by atoms with E-state index in [1.165, 1.54) is 0 Å². The molecule has 0 bridgehead atoms. The summed E-state index contributed by atoms with van der Waals surface area (Å²) in [6.45, 7) is -0.278. The molecule has 0 radical (unpaired) electrons. The lowest BCUT2D eigenvalue weighted by atomic mass is 11.6. The molecule has 0 aliphatic carbocycles. The lowest BCUT2D eigenvalue weighted by Crippen LogP contribution is -2.10. The van der Waals surface area contributed by atoms with Crippen molar-refractivity contribution in [1.82, 2.24) is 0 Å². The third-order valence-corrected chi connectivity index (χ3v) is 0.175. The quantitative estimate of drug-likeness (QED) is 0.396. The van der Waals surface area contributed by atoms with Crippen molar-refractivity contribution in [3.05, 3.63) is 0 Å². The van der Waals surface area contributed by atoms with Crippen molar-refractivity contribution in [3.8, 4) is 0 Å². The summed E-state index contributed by atoms with van der Waals surface area (Å²) in [6, 6.07) is 0. The van der Waals surface area contributed by atoms with Crippen molar-refractivity contribution in [3.63, 3.8) is 0 Å². The Kier molecular flexibility index (Phi) is 1.53. The van der Waals surface area contributed by atoms with Crippen molar-refractivity contribution in [2.75, 3.05) is 6.54 Å². The van der Waals surface area contributed by atoms with E-state index in [1.807, 2.05) is 0 Å². The normalized spacial score (nSPS) is 7.40. The Morgan fingerprint density at radius 1 is 2.00 bits per heavy atom. The van der Waals surface area contributed by atoms with Gasteiger partial charge in [0, 0.05) is 0 Å². The molecule has 5 heavy (non-hydrogen) atoms. The predicted octanol–water partition coefficient (Wildman–Crippen LogP) is -0.970. The second-order valence-corrected chi connectivity index (χ2v) is 0.598. The summed E-state index contributed by atoms with van der Waals surface area (Å²) in [4.78, 5) is 9.24. The first-order chi connectivity index (χ1) is 2.27. The van der Waals surface area contributed by atoms with Crippen LogP contribution in [0.3, 0.4) is 0 Å². The van der Waals surface area contributed by atoms with Crippen LogP contribution in [-0.2, 0) is 4.79 Å². The van der Waals surface area contributed by atoms with E-state index in [1.54, 1.807) is 0 Å².